The van der Waals surface area contributed by atoms with E-state index in [-0.39, 0.29) is 11.4 Å². The predicted molar refractivity (Wildman–Crippen MR) is 71.4 cm³/mol. The Labute approximate surface area is 110 Å². The molecule has 0 radical (unpaired) electrons. The number of ether oxygens (including phenoxy) is 1. The lowest BCUT2D eigenvalue weighted by Gasteiger charge is -2.36. The van der Waals surface area contributed by atoms with Gasteiger partial charge in [-0.15, -0.1) is 0 Å². The number of likely N-dealkylation sites (N-methyl/N-ethyl adjacent to an activating group) is 1. The maximum Gasteiger partial charge on any atom is 0.220 e. The summed E-state index contributed by atoms with van der Waals surface area (Å²) in [4.78, 5) is 14.2. The third kappa shape index (κ3) is 3.23. The molecule has 1 atom stereocenters. The standard InChI is InChI=1S/C14H26N2O2/c1-16(2)14(6-3-4-7-14)11-15-13(17)9-12-5-8-18-10-12/h12H,3-11H2,1-2H3,(H,15,17)/t12-/m0/s1. The van der Waals surface area contributed by atoms with Gasteiger partial charge in [0.15, 0.2) is 0 Å². The van der Waals surface area contributed by atoms with Crippen molar-refractivity contribution in [1.82, 2.24) is 10.2 Å². The SMILES string of the molecule is CN(C)C1(CNC(=O)C[C@@H]2CCOC2)CCCC1. The Balaban J connectivity index is 1.76. The quantitative estimate of drug-likeness (QED) is 0.806. The first-order valence-electron chi connectivity index (χ1n) is 7.14. The lowest BCUT2D eigenvalue weighted by molar-refractivity contribution is -0.122. The van der Waals surface area contributed by atoms with Crippen LogP contribution in [0, 0.1) is 5.92 Å². The predicted octanol–water partition coefficient (Wildman–Crippen LogP) is 1.40. The second-order valence-electron chi connectivity index (χ2n) is 6.04. The highest BCUT2D eigenvalue weighted by Crippen LogP contribution is 2.33. The van der Waals surface area contributed by atoms with E-state index in [2.05, 4.69) is 24.3 Å². The first-order valence-corrected chi connectivity index (χ1v) is 7.14. The number of hydrogen-bond acceptors (Lipinski definition) is 3. The summed E-state index contributed by atoms with van der Waals surface area (Å²) in [7, 11) is 4.25. The van der Waals surface area contributed by atoms with Crippen molar-refractivity contribution in [3.05, 3.63) is 0 Å². The highest BCUT2D eigenvalue weighted by molar-refractivity contribution is 5.76. The molecule has 4 heteroatoms. The molecule has 0 unspecified atom stereocenters. The maximum atomic E-state index is 11.9. The minimum Gasteiger partial charge on any atom is -0.381 e. The third-order valence-corrected chi connectivity index (χ3v) is 4.60. The summed E-state index contributed by atoms with van der Waals surface area (Å²) < 4.78 is 5.31. The molecule has 1 saturated heterocycles. The van der Waals surface area contributed by atoms with Gasteiger partial charge < -0.3 is 15.0 Å². The molecule has 1 amide bonds. The monoisotopic (exact) mass is 254 g/mol. The molecule has 2 fully saturated rings. The molecule has 2 aliphatic rings. The second kappa shape index (κ2) is 6.02. The number of hydrogen-bond donors (Lipinski definition) is 1. The molecule has 104 valence electrons. The largest absolute Gasteiger partial charge is 0.381 e. The first-order chi connectivity index (χ1) is 8.62. The van der Waals surface area contributed by atoms with Crippen molar-refractivity contribution in [1.29, 1.82) is 0 Å². The molecule has 0 aromatic heterocycles. The van der Waals surface area contributed by atoms with Gasteiger partial charge in [0, 0.05) is 31.7 Å². The van der Waals surface area contributed by atoms with Crippen molar-refractivity contribution in [2.24, 2.45) is 5.92 Å². The van der Waals surface area contributed by atoms with Gasteiger partial charge in [-0.3, -0.25) is 4.79 Å². The van der Waals surface area contributed by atoms with Crippen LogP contribution in [-0.4, -0.2) is 50.2 Å². The number of nitrogens with one attached hydrogen (secondary N) is 1. The van der Waals surface area contributed by atoms with Crippen molar-refractivity contribution in [3.63, 3.8) is 0 Å². The van der Waals surface area contributed by atoms with Gasteiger partial charge in [-0.25, -0.2) is 0 Å². The normalized spacial score (nSPS) is 26.7. The molecule has 0 bridgehead atoms. The third-order valence-electron chi connectivity index (χ3n) is 4.60. The van der Waals surface area contributed by atoms with Gasteiger partial charge in [0.1, 0.15) is 0 Å². The Morgan fingerprint density at radius 3 is 2.67 bits per heavy atom. The van der Waals surface area contributed by atoms with Crippen LogP contribution in [0.15, 0.2) is 0 Å². The number of carbonyl (C=O) groups is 1. The first kappa shape index (κ1) is 13.8. The van der Waals surface area contributed by atoms with E-state index in [4.69, 9.17) is 4.74 Å². The minimum absolute atomic E-state index is 0.193. The van der Waals surface area contributed by atoms with Gasteiger partial charge in [-0.2, -0.15) is 0 Å². The Kier molecular flexibility index (Phi) is 4.62. The fourth-order valence-electron chi connectivity index (χ4n) is 3.16. The molecular formula is C14H26N2O2. The molecule has 1 saturated carbocycles. The zero-order chi connectivity index (χ0) is 13.0. The summed E-state index contributed by atoms with van der Waals surface area (Å²) in [6.45, 7) is 2.37. The summed E-state index contributed by atoms with van der Waals surface area (Å²) in [6.07, 6.45) is 6.63. The van der Waals surface area contributed by atoms with Crippen LogP contribution in [0.4, 0.5) is 0 Å². The Morgan fingerprint density at radius 2 is 2.11 bits per heavy atom. The van der Waals surface area contributed by atoms with Crippen LogP contribution < -0.4 is 5.32 Å². The van der Waals surface area contributed by atoms with Crippen LogP contribution in [0.3, 0.4) is 0 Å². The zero-order valence-corrected chi connectivity index (χ0v) is 11.7. The van der Waals surface area contributed by atoms with Crippen LogP contribution in [0.25, 0.3) is 0 Å². The summed E-state index contributed by atoms with van der Waals surface area (Å²) in [6, 6.07) is 0. The van der Waals surface area contributed by atoms with Gasteiger partial charge in [0.25, 0.3) is 0 Å². The summed E-state index contributed by atoms with van der Waals surface area (Å²) >= 11 is 0. The molecule has 1 heterocycles. The second-order valence-corrected chi connectivity index (χ2v) is 6.04. The van der Waals surface area contributed by atoms with E-state index in [1.54, 1.807) is 0 Å². The van der Waals surface area contributed by atoms with E-state index in [1.165, 1.54) is 25.7 Å². The summed E-state index contributed by atoms with van der Waals surface area (Å²) in [5.74, 6) is 0.627. The van der Waals surface area contributed by atoms with E-state index in [9.17, 15) is 4.79 Å². The number of nitrogens with zero attached hydrogens (tertiary/aromatic N) is 1. The maximum absolute atomic E-state index is 11.9. The van der Waals surface area contributed by atoms with Crippen LogP contribution in [0.1, 0.15) is 38.5 Å². The Hall–Kier alpha value is -0.610. The highest BCUT2D eigenvalue weighted by Gasteiger charge is 2.36. The molecule has 0 aromatic carbocycles. The van der Waals surface area contributed by atoms with Gasteiger partial charge >= 0.3 is 0 Å². The van der Waals surface area contributed by atoms with Crippen LogP contribution in [-0.2, 0) is 9.53 Å². The molecular weight excluding hydrogens is 228 g/mol. The topological polar surface area (TPSA) is 41.6 Å². The van der Waals surface area contributed by atoms with Crippen molar-refractivity contribution < 1.29 is 9.53 Å². The van der Waals surface area contributed by atoms with Crippen molar-refractivity contribution in [2.75, 3.05) is 33.9 Å². The van der Waals surface area contributed by atoms with Crippen LogP contribution >= 0.6 is 0 Å². The smallest absolute Gasteiger partial charge is 0.220 e. The highest BCUT2D eigenvalue weighted by atomic mass is 16.5. The van der Waals surface area contributed by atoms with E-state index < -0.39 is 0 Å². The van der Waals surface area contributed by atoms with E-state index >= 15 is 0 Å². The fourth-order valence-corrected chi connectivity index (χ4v) is 3.16. The van der Waals surface area contributed by atoms with E-state index in [1.807, 2.05) is 0 Å². The number of rotatable bonds is 5. The molecule has 1 aliphatic heterocycles. The van der Waals surface area contributed by atoms with Crippen LogP contribution in [0.2, 0.25) is 0 Å². The van der Waals surface area contributed by atoms with E-state index in [0.29, 0.717) is 12.3 Å². The van der Waals surface area contributed by atoms with Gasteiger partial charge in [-0.05, 0) is 39.3 Å². The van der Waals surface area contributed by atoms with Crippen molar-refractivity contribution in [3.8, 4) is 0 Å². The Morgan fingerprint density at radius 1 is 1.39 bits per heavy atom. The lowest BCUT2D eigenvalue weighted by Crippen LogP contribution is -2.51. The van der Waals surface area contributed by atoms with Crippen molar-refractivity contribution in [2.45, 2.75) is 44.1 Å². The van der Waals surface area contributed by atoms with Gasteiger partial charge in [-0.1, -0.05) is 12.8 Å². The number of amides is 1. The summed E-state index contributed by atoms with van der Waals surface area (Å²) in [5.41, 5.74) is 0.196. The molecule has 2 rings (SSSR count). The minimum atomic E-state index is 0.193. The van der Waals surface area contributed by atoms with Gasteiger partial charge in [0.05, 0.1) is 0 Å². The number of carbonyl (C=O) groups excluding carboxylic acids is 1. The molecule has 4 nitrogen and oxygen atoms in total. The van der Waals surface area contributed by atoms with Gasteiger partial charge in [0.2, 0.25) is 5.91 Å². The molecule has 1 N–H and O–H groups in total. The average molecular weight is 254 g/mol. The van der Waals surface area contributed by atoms with Crippen molar-refractivity contribution >= 4 is 5.91 Å². The van der Waals surface area contributed by atoms with E-state index in [0.717, 1.165) is 26.2 Å². The molecule has 18 heavy (non-hydrogen) atoms. The molecule has 1 aliphatic carbocycles. The zero-order valence-electron chi connectivity index (χ0n) is 11.7. The Bertz CT molecular complexity index is 280. The average Bonchev–Trinajstić information content (AvgIpc) is 2.97. The summed E-state index contributed by atoms with van der Waals surface area (Å²) in [5, 5.41) is 3.14. The molecule has 0 spiro atoms. The fraction of sp³-hybridized carbons (Fsp3) is 0.929. The lowest BCUT2D eigenvalue weighted by atomic mass is 9.95. The molecule has 0 aromatic rings. The van der Waals surface area contributed by atoms with Crippen LogP contribution in [0.5, 0.6) is 0 Å².